The topological polar surface area (TPSA) is 144 Å². The van der Waals surface area contributed by atoms with E-state index in [4.69, 9.17) is 14.2 Å². The van der Waals surface area contributed by atoms with E-state index in [-0.39, 0.29) is 24.0 Å². The van der Waals surface area contributed by atoms with Gasteiger partial charge in [0.15, 0.2) is 18.1 Å². The molecule has 3 atom stereocenters. The van der Waals surface area contributed by atoms with Crippen LogP contribution in [0.15, 0.2) is 76.6 Å². The minimum absolute atomic E-state index is 0.221. The van der Waals surface area contributed by atoms with Crippen molar-refractivity contribution < 1.29 is 33.4 Å². The second kappa shape index (κ2) is 12.9. The van der Waals surface area contributed by atoms with E-state index >= 15 is 0 Å². The summed E-state index contributed by atoms with van der Waals surface area (Å²) in [4.78, 5) is 69.3. The summed E-state index contributed by atoms with van der Waals surface area (Å²) in [7, 11) is 1.46. The van der Waals surface area contributed by atoms with E-state index in [0.29, 0.717) is 43.9 Å². The fourth-order valence-electron chi connectivity index (χ4n) is 5.65. The van der Waals surface area contributed by atoms with Crippen LogP contribution in [0.3, 0.4) is 0 Å². The molecule has 3 aromatic carbocycles. The molecule has 0 aliphatic carbocycles. The molecule has 0 saturated carbocycles. The zero-order valence-corrected chi connectivity index (χ0v) is 26.7. The largest absolute Gasteiger partial charge is 0.493 e. The van der Waals surface area contributed by atoms with Crippen LogP contribution in [0.4, 0.5) is 11.4 Å². The number of thiazole rings is 1. The van der Waals surface area contributed by atoms with Crippen LogP contribution in [-0.2, 0) is 19.1 Å². The van der Waals surface area contributed by atoms with Gasteiger partial charge in [-0.3, -0.25) is 19.2 Å². The molecule has 4 aromatic rings. The first kappa shape index (κ1) is 31.1. The second-order valence-corrected chi connectivity index (χ2v) is 12.8. The number of esters is 1. The number of carbonyl (C=O) groups is 4. The Morgan fingerprint density at radius 1 is 0.978 bits per heavy atom. The molecular formula is C33H29N3O8S2. The third-order valence-corrected chi connectivity index (χ3v) is 10.1. The average Bonchev–Trinajstić information content (AvgIpc) is 3.54. The van der Waals surface area contributed by atoms with Crippen LogP contribution in [0.2, 0.25) is 0 Å². The number of nitrogens with one attached hydrogen (secondary N) is 2. The number of fused-ring (bicyclic) bond motifs is 2. The SMILES string of the molecule is CCOC(=O)c1ccc(N2C(=O)C3Sc4[nH]c(=O)sc4[C@H](c4ccc(OCC(=O)Nc5cccc(C)c5)c(OC)c4)C3C2=O)cc1. The number of rotatable bonds is 9. The molecule has 0 radical (unpaired) electrons. The molecule has 3 amide bonds. The lowest BCUT2D eigenvalue weighted by Crippen LogP contribution is -2.32. The monoisotopic (exact) mass is 659 g/mol. The average molecular weight is 660 g/mol. The molecule has 0 spiro atoms. The van der Waals surface area contributed by atoms with E-state index in [9.17, 15) is 24.0 Å². The predicted molar refractivity (Wildman–Crippen MR) is 173 cm³/mol. The van der Waals surface area contributed by atoms with Crippen LogP contribution in [0, 0.1) is 12.8 Å². The highest BCUT2D eigenvalue weighted by atomic mass is 32.2. The van der Waals surface area contributed by atoms with Gasteiger partial charge in [-0.15, -0.1) is 0 Å². The number of hydrogen-bond acceptors (Lipinski definition) is 10. The van der Waals surface area contributed by atoms with Crippen LogP contribution in [0.25, 0.3) is 0 Å². The zero-order valence-electron chi connectivity index (χ0n) is 25.0. The van der Waals surface area contributed by atoms with Crippen LogP contribution < -0.4 is 24.6 Å². The van der Waals surface area contributed by atoms with Crippen LogP contribution in [-0.4, -0.2) is 54.2 Å². The number of ether oxygens (including phenoxy) is 3. The number of carbonyl (C=O) groups excluding carboxylic acids is 4. The molecule has 0 bridgehead atoms. The molecule has 3 heterocycles. The number of H-pyrrole nitrogens is 1. The van der Waals surface area contributed by atoms with E-state index in [2.05, 4.69) is 10.3 Å². The van der Waals surface area contributed by atoms with Crippen molar-refractivity contribution in [2.45, 2.75) is 30.0 Å². The maximum Gasteiger partial charge on any atom is 0.338 e. The Bertz CT molecular complexity index is 1900. The van der Waals surface area contributed by atoms with E-state index in [1.807, 2.05) is 25.1 Å². The number of anilines is 2. The Balaban J connectivity index is 1.28. The van der Waals surface area contributed by atoms with Gasteiger partial charge in [-0.1, -0.05) is 41.3 Å². The fourth-order valence-corrected chi connectivity index (χ4v) is 8.17. The van der Waals surface area contributed by atoms with Crippen LogP contribution in [0.5, 0.6) is 11.5 Å². The summed E-state index contributed by atoms with van der Waals surface area (Å²) in [5.41, 5.74) is 2.94. The van der Waals surface area contributed by atoms with Crippen molar-refractivity contribution in [3.63, 3.8) is 0 Å². The van der Waals surface area contributed by atoms with Gasteiger partial charge in [0.1, 0.15) is 5.25 Å². The predicted octanol–water partition coefficient (Wildman–Crippen LogP) is 4.74. The summed E-state index contributed by atoms with van der Waals surface area (Å²) < 4.78 is 16.4. The summed E-state index contributed by atoms with van der Waals surface area (Å²) in [5, 5.41) is 2.53. The first-order chi connectivity index (χ1) is 22.2. The van der Waals surface area contributed by atoms with Crippen molar-refractivity contribution in [3.8, 4) is 11.5 Å². The molecule has 11 nitrogen and oxygen atoms in total. The van der Waals surface area contributed by atoms with Crippen molar-refractivity contribution in [2.75, 3.05) is 30.5 Å². The lowest BCUT2D eigenvalue weighted by Gasteiger charge is -2.30. The Labute approximate surface area is 271 Å². The Hall–Kier alpha value is -4.88. The lowest BCUT2D eigenvalue weighted by molar-refractivity contribution is -0.122. The van der Waals surface area contributed by atoms with E-state index in [0.717, 1.165) is 21.8 Å². The van der Waals surface area contributed by atoms with Crippen LogP contribution >= 0.6 is 23.1 Å². The molecule has 1 fully saturated rings. The molecule has 1 saturated heterocycles. The molecule has 236 valence electrons. The molecule has 13 heteroatoms. The van der Waals surface area contributed by atoms with Gasteiger partial charge in [0.2, 0.25) is 11.8 Å². The number of amides is 3. The summed E-state index contributed by atoms with van der Waals surface area (Å²) in [6.07, 6.45) is 0. The van der Waals surface area contributed by atoms with Gasteiger partial charge in [0, 0.05) is 16.5 Å². The highest BCUT2D eigenvalue weighted by Gasteiger charge is 2.56. The van der Waals surface area contributed by atoms with Crippen molar-refractivity contribution in [1.29, 1.82) is 0 Å². The van der Waals surface area contributed by atoms with Gasteiger partial charge >= 0.3 is 10.8 Å². The summed E-state index contributed by atoms with van der Waals surface area (Å²) in [6.45, 7) is 3.59. The van der Waals surface area contributed by atoms with Gasteiger partial charge in [-0.25, -0.2) is 9.69 Å². The van der Waals surface area contributed by atoms with Gasteiger partial charge < -0.3 is 24.5 Å². The Kier molecular flexibility index (Phi) is 8.69. The number of hydrogen-bond donors (Lipinski definition) is 2. The smallest absolute Gasteiger partial charge is 0.338 e. The fraction of sp³-hybridized carbons (Fsp3) is 0.242. The number of benzene rings is 3. The number of aryl methyl sites for hydroxylation is 1. The molecule has 6 rings (SSSR count). The molecule has 2 aliphatic heterocycles. The second-order valence-electron chi connectivity index (χ2n) is 10.6. The van der Waals surface area contributed by atoms with Gasteiger partial charge in [-0.05, 0) is 73.5 Å². The van der Waals surface area contributed by atoms with Gasteiger partial charge in [0.05, 0.1) is 35.9 Å². The number of thioether (sulfide) groups is 1. The highest BCUT2D eigenvalue weighted by molar-refractivity contribution is 8.00. The molecule has 2 unspecified atom stereocenters. The van der Waals surface area contributed by atoms with Crippen molar-refractivity contribution >= 4 is 58.2 Å². The van der Waals surface area contributed by atoms with Gasteiger partial charge in [0.25, 0.3) is 5.91 Å². The van der Waals surface area contributed by atoms with E-state index < -0.39 is 34.9 Å². The van der Waals surface area contributed by atoms with Crippen molar-refractivity contribution in [3.05, 3.63) is 98.0 Å². The quantitative estimate of drug-likeness (QED) is 0.192. The van der Waals surface area contributed by atoms with Crippen LogP contribution in [0.1, 0.15) is 39.2 Å². The highest BCUT2D eigenvalue weighted by Crippen LogP contribution is 2.53. The maximum absolute atomic E-state index is 14.1. The third kappa shape index (κ3) is 5.90. The van der Waals surface area contributed by atoms with Crippen molar-refractivity contribution in [1.82, 2.24) is 4.98 Å². The zero-order chi connectivity index (χ0) is 32.5. The maximum atomic E-state index is 14.1. The minimum atomic E-state index is -0.822. The first-order valence-corrected chi connectivity index (χ1v) is 16.1. The van der Waals surface area contributed by atoms with Gasteiger partial charge in [-0.2, -0.15) is 0 Å². The lowest BCUT2D eigenvalue weighted by atomic mass is 9.83. The summed E-state index contributed by atoms with van der Waals surface area (Å²) >= 11 is 2.16. The normalized spacial score (nSPS) is 18.5. The number of aromatic nitrogens is 1. The molecule has 46 heavy (non-hydrogen) atoms. The number of imide groups is 1. The first-order valence-electron chi connectivity index (χ1n) is 14.4. The Morgan fingerprint density at radius 2 is 1.76 bits per heavy atom. The number of methoxy groups -OCH3 is 1. The number of nitrogens with zero attached hydrogens (tertiary/aromatic N) is 1. The minimum Gasteiger partial charge on any atom is -0.493 e. The molecule has 2 aliphatic rings. The number of aromatic amines is 1. The van der Waals surface area contributed by atoms with E-state index in [1.54, 1.807) is 43.3 Å². The summed E-state index contributed by atoms with van der Waals surface area (Å²) in [5.74, 6) is -2.52. The molecule has 1 aromatic heterocycles. The standard InChI is InChI=1S/C33H29N3O8S2/c1-4-43-32(40)18-8-11-21(12-9-18)36-30(38)26-25(27-29(35-33(41)46-27)45-28(26)31(36)39)19-10-13-22(23(15-19)42-3)44-16-24(37)34-20-7-5-6-17(2)14-20/h5-15,25-26,28H,4,16H2,1-3H3,(H,34,37)(H,35,41)/t25-,26?,28?/m1/s1. The molecular weight excluding hydrogens is 631 g/mol. The Morgan fingerprint density at radius 3 is 2.48 bits per heavy atom. The summed E-state index contributed by atoms with van der Waals surface area (Å²) in [6, 6.07) is 18.6. The van der Waals surface area contributed by atoms with Crippen molar-refractivity contribution in [2.24, 2.45) is 5.92 Å². The third-order valence-electron chi connectivity index (χ3n) is 7.67. The van der Waals surface area contributed by atoms with E-state index in [1.165, 1.54) is 31.0 Å². The molecule has 2 N–H and O–H groups in total.